The molecule has 0 aliphatic carbocycles. The normalized spacial score (nSPS) is 11.0. The van der Waals surface area contributed by atoms with Crippen molar-refractivity contribution in [2.75, 3.05) is 0 Å². The highest BCUT2D eigenvalue weighted by molar-refractivity contribution is 7.09. The van der Waals surface area contributed by atoms with E-state index in [4.69, 9.17) is 0 Å². The molecule has 0 saturated heterocycles. The summed E-state index contributed by atoms with van der Waals surface area (Å²) >= 11 is 1.65. The molecule has 0 fully saturated rings. The van der Waals surface area contributed by atoms with Gasteiger partial charge in [-0.25, -0.2) is 9.37 Å². The van der Waals surface area contributed by atoms with E-state index in [1.54, 1.807) is 23.5 Å². The third-order valence-corrected chi connectivity index (χ3v) is 4.18. The van der Waals surface area contributed by atoms with Gasteiger partial charge in [-0.3, -0.25) is 0 Å². The van der Waals surface area contributed by atoms with Crippen molar-refractivity contribution in [3.63, 3.8) is 0 Å². The summed E-state index contributed by atoms with van der Waals surface area (Å²) in [5.74, 6) is -0.216. The number of aromatic nitrogens is 2. The van der Waals surface area contributed by atoms with Crippen molar-refractivity contribution in [2.45, 2.75) is 20.8 Å². The van der Waals surface area contributed by atoms with E-state index in [0.717, 1.165) is 33.3 Å². The maximum atomic E-state index is 13.1. The standard InChI is InChI=1S/C16H15FN2S/c1-10-8-15(16-9-20-12(3)18-16)11(2)19(10)14-6-4-13(17)5-7-14/h4-9H,1-3H3. The van der Waals surface area contributed by atoms with Crippen molar-refractivity contribution in [1.82, 2.24) is 9.55 Å². The molecule has 0 radical (unpaired) electrons. The van der Waals surface area contributed by atoms with Crippen LogP contribution in [0.1, 0.15) is 16.4 Å². The Labute approximate surface area is 121 Å². The lowest BCUT2D eigenvalue weighted by Gasteiger charge is -2.09. The Balaban J connectivity index is 2.14. The van der Waals surface area contributed by atoms with Crippen LogP contribution >= 0.6 is 11.3 Å². The predicted octanol–water partition coefficient (Wildman–Crippen LogP) is 4.67. The number of aryl methyl sites for hydroxylation is 2. The SMILES string of the molecule is Cc1nc(-c2cc(C)n(-c3ccc(F)cc3)c2C)cs1. The molecule has 0 spiro atoms. The zero-order chi connectivity index (χ0) is 14.3. The van der Waals surface area contributed by atoms with E-state index in [1.807, 2.05) is 6.92 Å². The number of hydrogen-bond acceptors (Lipinski definition) is 2. The Morgan fingerprint density at radius 2 is 1.80 bits per heavy atom. The fourth-order valence-electron chi connectivity index (χ4n) is 2.50. The third kappa shape index (κ3) is 2.16. The van der Waals surface area contributed by atoms with Crippen molar-refractivity contribution in [3.8, 4) is 16.9 Å². The summed E-state index contributed by atoms with van der Waals surface area (Å²) in [6.45, 7) is 6.13. The number of halogens is 1. The van der Waals surface area contributed by atoms with Gasteiger partial charge >= 0.3 is 0 Å². The van der Waals surface area contributed by atoms with E-state index < -0.39 is 0 Å². The van der Waals surface area contributed by atoms with E-state index in [2.05, 4.69) is 34.8 Å². The topological polar surface area (TPSA) is 17.8 Å². The van der Waals surface area contributed by atoms with Gasteiger partial charge in [0.2, 0.25) is 0 Å². The summed E-state index contributed by atoms with van der Waals surface area (Å²) in [5.41, 5.74) is 5.36. The molecule has 3 rings (SSSR count). The molecule has 0 saturated carbocycles. The maximum Gasteiger partial charge on any atom is 0.123 e. The molecule has 0 bridgehead atoms. The first kappa shape index (κ1) is 13.1. The van der Waals surface area contributed by atoms with Gasteiger partial charge in [-0.2, -0.15) is 0 Å². The number of nitrogens with zero attached hydrogens (tertiary/aromatic N) is 2. The minimum Gasteiger partial charge on any atom is -0.318 e. The molecule has 20 heavy (non-hydrogen) atoms. The molecule has 0 N–H and O–H groups in total. The summed E-state index contributed by atoms with van der Waals surface area (Å²) in [4.78, 5) is 4.55. The Morgan fingerprint density at radius 3 is 2.40 bits per heavy atom. The van der Waals surface area contributed by atoms with Gasteiger partial charge in [-0.1, -0.05) is 0 Å². The molecule has 0 aliphatic rings. The van der Waals surface area contributed by atoms with Gasteiger partial charge in [0.1, 0.15) is 5.82 Å². The number of thiazole rings is 1. The summed E-state index contributed by atoms with van der Waals surface area (Å²) in [6.07, 6.45) is 0. The van der Waals surface area contributed by atoms with Crippen molar-refractivity contribution in [3.05, 3.63) is 57.9 Å². The van der Waals surface area contributed by atoms with Crippen molar-refractivity contribution in [2.24, 2.45) is 0 Å². The van der Waals surface area contributed by atoms with Gasteiger partial charge < -0.3 is 4.57 Å². The summed E-state index contributed by atoms with van der Waals surface area (Å²) < 4.78 is 15.2. The second-order valence-corrected chi connectivity index (χ2v) is 5.91. The molecule has 3 aromatic rings. The molecule has 0 amide bonds. The van der Waals surface area contributed by atoms with Crippen LogP contribution in [0.15, 0.2) is 35.7 Å². The van der Waals surface area contributed by atoms with Crippen LogP contribution in [0, 0.1) is 26.6 Å². The lowest BCUT2D eigenvalue weighted by atomic mass is 10.2. The molecular weight excluding hydrogens is 271 g/mol. The Hall–Kier alpha value is -1.94. The predicted molar refractivity (Wildman–Crippen MR) is 81.0 cm³/mol. The molecule has 102 valence electrons. The fourth-order valence-corrected chi connectivity index (χ4v) is 3.11. The average molecular weight is 286 g/mol. The number of rotatable bonds is 2. The first-order chi connectivity index (χ1) is 9.56. The van der Waals surface area contributed by atoms with Crippen LogP contribution in [0.4, 0.5) is 4.39 Å². The third-order valence-electron chi connectivity index (χ3n) is 3.41. The second kappa shape index (κ2) is 4.87. The second-order valence-electron chi connectivity index (χ2n) is 4.85. The van der Waals surface area contributed by atoms with E-state index >= 15 is 0 Å². The molecule has 0 aliphatic heterocycles. The highest BCUT2D eigenvalue weighted by atomic mass is 32.1. The molecular formula is C16H15FN2S. The number of hydrogen-bond donors (Lipinski definition) is 0. The van der Waals surface area contributed by atoms with Gasteiger partial charge in [-0.05, 0) is 51.1 Å². The molecule has 0 unspecified atom stereocenters. The molecule has 2 heterocycles. The van der Waals surface area contributed by atoms with Crippen molar-refractivity contribution in [1.29, 1.82) is 0 Å². The van der Waals surface area contributed by atoms with E-state index in [-0.39, 0.29) is 5.82 Å². The Morgan fingerprint density at radius 1 is 1.10 bits per heavy atom. The quantitative estimate of drug-likeness (QED) is 0.669. The van der Waals surface area contributed by atoms with Gasteiger partial charge in [0, 0.05) is 28.0 Å². The van der Waals surface area contributed by atoms with Crippen LogP contribution in [-0.2, 0) is 0 Å². The number of benzene rings is 1. The monoisotopic (exact) mass is 286 g/mol. The van der Waals surface area contributed by atoms with Gasteiger partial charge in [-0.15, -0.1) is 11.3 Å². The van der Waals surface area contributed by atoms with Crippen molar-refractivity contribution < 1.29 is 4.39 Å². The van der Waals surface area contributed by atoms with Gasteiger partial charge in [0.25, 0.3) is 0 Å². The zero-order valence-electron chi connectivity index (χ0n) is 11.6. The molecule has 0 atom stereocenters. The summed E-state index contributed by atoms with van der Waals surface area (Å²) in [6, 6.07) is 8.70. The van der Waals surface area contributed by atoms with Crippen LogP contribution in [-0.4, -0.2) is 9.55 Å². The first-order valence-corrected chi connectivity index (χ1v) is 7.31. The van der Waals surface area contributed by atoms with Crippen molar-refractivity contribution >= 4 is 11.3 Å². The Bertz CT molecular complexity index is 753. The molecule has 2 nitrogen and oxygen atoms in total. The average Bonchev–Trinajstić information content (AvgIpc) is 2.95. The van der Waals surface area contributed by atoms with Gasteiger partial charge in [0.15, 0.2) is 0 Å². The van der Waals surface area contributed by atoms with Crippen LogP contribution in [0.25, 0.3) is 16.9 Å². The lowest BCUT2D eigenvalue weighted by Crippen LogP contribution is -1.99. The van der Waals surface area contributed by atoms with Gasteiger partial charge in [0.05, 0.1) is 10.7 Å². The minimum atomic E-state index is -0.216. The largest absolute Gasteiger partial charge is 0.318 e. The fraction of sp³-hybridized carbons (Fsp3) is 0.188. The molecule has 1 aromatic carbocycles. The summed E-state index contributed by atoms with van der Waals surface area (Å²) in [7, 11) is 0. The Kier molecular flexibility index (Phi) is 3.18. The van der Waals surface area contributed by atoms with Crippen LogP contribution in [0.3, 0.4) is 0 Å². The van der Waals surface area contributed by atoms with Crippen LogP contribution in [0.2, 0.25) is 0 Å². The van der Waals surface area contributed by atoms with Crippen LogP contribution < -0.4 is 0 Å². The first-order valence-electron chi connectivity index (χ1n) is 6.43. The summed E-state index contributed by atoms with van der Waals surface area (Å²) in [5, 5.41) is 3.14. The highest BCUT2D eigenvalue weighted by Crippen LogP contribution is 2.30. The van der Waals surface area contributed by atoms with E-state index in [0.29, 0.717) is 0 Å². The zero-order valence-corrected chi connectivity index (χ0v) is 12.5. The highest BCUT2D eigenvalue weighted by Gasteiger charge is 2.14. The minimum absolute atomic E-state index is 0.216. The maximum absolute atomic E-state index is 13.1. The van der Waals surface area contributed by atoms with E-state index in [9.17, 15) is 4.39 Å². The molecule has 4 heteroatoms. The smallest absolute Gasteiger partial charge is 0.123 e. The lowest BCUT2D eigenvalue weighted by molar-refractivity contribution is 0.627. The molecule has 2 aromatic heterocycles. The van der Waals surface area contributed by atoms with Crippen LogP contribution in [0.5, 0.6) is 0 Å². The van der Waals surface area contributed by atoms with E-state index in [1.165, 1.54) is 12.1 Å².